The predicted octanol–water partition coefficient (Wildman–Crippen LogP) is 1.33. The smallest absolute Gasteiger partial charge is 0.252 e. The lowest BCUT2D eigenvalue weighted by atomic mass is 10.1. The molecule has 170 valence electrons. The lowest BCUT2D eigenvalue weighted by molar-refractivity contribution is 0.172. The normalized spacial score (nSPS) is 13.0. The van der Waals surface area contributed by atoms with Crippen LogP contribution >= 0.6 is 0 Å². The molecule has 2 aromatic carbocycles. The Morgan fingerprint density at radius 2 is 1.85 bits per heavy atom. The third kappa shape index (κ3) is 4.71. The van der Waals surface area contributed by atoms with Gasteiger partial charge in [0.2, 0.25) is 0 Å². The minimum atomic E-state index is -0.189. The molecule has 0 saturated carbocycles. The van der Waals surface area contributed by atoms with E-state index in [0.717, 1.165) is 10.9 Å². The molecular weight excluding hydrogens is 424 g/mol. The van der Waals surface area contributed by atoms with Crippen molar-refractivity contribution in [2.75, 3.05) is 26.4 Å². The Hall–Kier alpha value is -3.76. The van der Waals surface area contributed by atoms with E-state index in [1.165, 1.54) is 0 Å². The van der Waals surface area contributed by atoms with Crippen LogP contribution in [-0.4, -0.2) is 61.6 Å². The highest BCUT2D eigenvalue weighted by Crippen LogP contribution is 2.33. The summed E-state index contributed by atoms with van der Waals surface area (Å²) in [5.74, 6) is 1.95. The quantitative estimate of drug-likeness (QED) is 0.414. The first-order valence-corrected chi connectivity index (χ1v) is 10.8. The molecule has 2 N–H and O–H groups in total. The van der Waals surface area contributed by atoms with Gasteiger partial charge in [-0.15, -0.1) is 5.10 Å². The summed E-state index contributed by atoms with van der Waals surface area (Å²) in [7, 11) is 0. The van der Waals surface area contributed by atoms with Crippen molar-refractivity contribution < 1.29 is 14.6 Å². The van der Waals surface area contributed by atoms with Crippen molar-refractivity contribution in [2.24, 2.45) is 0 Å². The van der Waals surface area contributed by atoms with Crippen molar-refractivity contribution in [1.29, 1.82) is 0 Å². The molecule has 0 fully saturated rings. The van der Waals surface area contributed by atoms with Gasteiger partial charge in [-0.3, -0.25) is 9.69 Å². The molecule has 0 atom stereocenters. The summed E-state index contributed by atoms with van der Waals surface area (Å²) in [5.41, 5.74) is 2.16. The van der Waals surface area contributed by atoms with E-state index >= 15 is 0 Å². The molecule has 2 aromatic heterocycles. The molecule has 10 heteroatoms. The van der Waals surface area contributed by atoms with Crippen molar-refractivity contribution in [3.8, 4) is 11.5 Å². The van der Waals surface area contributed by atoms with Crippen molar-refractivity contribution in [2.45, 2.75) is 19.6 Å². The fraction of sp³-hybridized carbons (Fsp3) is 0.304. The largest absolute Gasteiger partial charge is 0.486 e. The summed E-state index contributed by atoms with van der Waals surface area (Å²) < 4.78 is 13.0. The van der Waals surface area contributed by atoms with Gasteiger partial charge >= 0.3 is 0 Å². The summed E-state index contributed by atoms with van der Waals surface area (Å²) in [6, 6.07) is 15.4. The van der Waals surface area contributed by atoms with E-state index < -0.39 is 0 Å². The Bertz CT molecular complexity index is 1300. The van der Waals surface area contributed by atoms with E-state index in [0.29, 0.717) is 67.8 Å². The highest BCUT2D eigenvalue weighted by atomic mass is 16.6. The Balaban J connectivity index is 1.38. The van der Waals surface area contributed by atoms with Crippen LogP contribution in [0, 0.1) is 0 Å². The first kappa shape index (κ1) is 21.1. The summed E-state index contributed by atoms with van der Waals surface area (Å²) in [4.78, 5) is 17.7. The van der Waals surface area contributed by atoms with E-state index in [1.54, 1.807) is 10.7 Å². The van der Waals surface area contributed by atoms with Crippen LogP contribution in [0.3, 0.4) is 0 Å². The third-order valence-electron chi connectivity index (χ3n) is 5.54. The minimum Gasteiger partial charge on any atom is -0.486 e. The number of tetrazole rings is 1. The highest BCUT2D eigenvalue weighted by Gasteiger charge is 2.17. The van der Waals surface area contributed by atoms with Gasteiger partial charge in [-0.25, -0.2) is 4.68 Å². The number of hydrogen-bond donors (Lipinski definition) is 2. The molecular formula is C23H24N6O4. The number of ether oxygens (including phenoxy) is 2. The number of nitrogens with zero attached hydrogens (tertiary/aromatic N) is 5. The maximum Gasteiger partial charge on any atom is 0.252 e. The molecule has 33 heavy (non-hydrogen) atoms. The molecule has 0 radical (unpaired) electrons. The van der Waals surface area contributed by atoms with E-state index in [2.05, 4.69) is 20.5 Å². The first-order chi connectivity index (χ1) is 16.2. The van der Waals surface area contributed by atoms with E-state index in [4.69, 9.17) is 9.47 Å². The minimum absolute atomic E-state index is 0.0512. The molecule has 3 heterocycles. The Morgan fingerprint density at radius 1 is 1.06 bits per heavy atom. The maximum atomic E-state index is 12.8. The molecule has 0 bridgehead atoms. The van der Waals surface area contributed by atoms with Gasteiger partial charge in [0.15, 0.2) is 17.3 Å². The summed E-state index contributed by atoms with van der Waals surface area (Å²) >= 11 is 0. The average molecular weight is 448 g/mol. The number of aromatic amines is 1. The van der Waals surface area contributed by atoms with Crippen LogP contribution in [0.25, 0.3) is 10.9 Å². The zero-order valence-corrected chi connectivity index (χ0v) is 18.0. The molecule has 0 amide bonds. The SMILES string of the molecule is O=c1[nH]c2cc3c(cc2cc1CN(CCO)Cc1nnnn1Cc1ccccc1)OCCO3. The van der Waals surface area contributed by atoms with Gasteiger partial charge in [0.1, 0.15) is 13.2 Å². The van der Waals surface area contributed by atoms with Gasteiger partial charge < -0.3 is 19.6 Å². The number of aromatic nitrogens is 5. The number of hydrogen-bond acceptors (Lipinski definition) is 8. The van der Waals surface area contributed by atoms with Crippen LogP contribution in [0.1, 0.15) is 17.0 Å². The zero-order chi connectivity index (χ0) is 22.6. The second kappa shape index (κ2) is 9.39. The fourth-order valence-electron chi connectivity index (χ4n) is 3.92. The van der Waals surface area contributed by atoms with Crippen molar-refractivity contribution >= 4 is 10.9 Å². The fourth-order valence-corrected chi connectivity index (χ4v) is 3.92. The molecule has 5 rings (SSSR count). The maximum absolute atomic E-state index is 12.8. The zero-order valence-electron chi connectivity index (χ0n) is 18.0. The lowest BCUT2D eigenvalue weighted by Crippen LogP contribution is -2.30. The number of benzene rings is 2. The van der Waals surface area contributed by atoms with Gasteiger partial charge in [0, 0.05) is 30.1 Å². The molecule has 1 aliphatic heterocycles. The van der Waals surface area contributed by atoms with Gasteiger partial charge in [-0.2, -0.15) is 0 Å². The second-order valence-corrected chi connectivity index (χ2v) is 7.88. The molecule has 4 aromatic rings. The van der Waals surface area contributed by atoms with Crippen LogP contribution in [0.5, 0.6) is 11.5 Å². The molecule has 0 unspecified atom stereocenters. The molecule has 1 aliphatic rings. The summed E-state index contributed by atoms with van der Waals surface area (Å²) in [5, 5.41) is 22.5. The Labute approximate surface area is 189 Å². The van der Waals surface area contributed by atoms with Crippen molar-refractivity contribution in [1.82, 2.24) is 30.1 Å². The molecule has 0 aliphatic carbocycles. The summed E-state index contributed by atoms with van der Waals surface area (Å²) in [6.45, 7) is 2.57. The van der Waals surface area contributed by atoms with Gasteiger partial charge in [0.05, 0.1) is 25.2 Å². The average Bonchev–Trinajstić information content (AvgIpc) is 3.25. The number of pyridine rings is 1. The van der Waals surface area contributed by atoms with Crippen LogP contribution in [0.4, 0.5) is 0 Å². The number of rotatable bonds is 8. The first-order valence-electron chi connectivity index (χ1n) is 10.8. The number of fused-ring (bicyclic) bond motifs is 2. The van der Waals surface area contributed by atoms with Crippen molar-refractivity contribution in [3.05, 3.63) is 75.8 Å². The molecule has 10 nitrogen and oxygen atoms in total. The Kier molecular flexibility index (Phi) is 6.01. The van der Waals surface area contributed by atoms with E-state index in [9.17, 15) is 9.90 Å². The Morgan fingerprint density at radius 3 is 2.64 bits per heavy atom. The number of H-pyrrole nitrogens is 1. The standard InChI is InChI=1S/C23H24N6O4/c30-7-6-28(15-22-25-26-27-29(22)13-16-4-2-1-3-5-16)14-18-10-17-11-20-21(33-9-8-32-20)12-19(17)24-23(18)31/h1-5,10-12,30H,6-9,13-15H2,(H,24,31). The van der Waals surface area contributed by atoms with Gasteiger partial charge in [-0.1, -0.05) is 30.3 Å². The highest BCUT2D eigenvalue weighted by molar-refractivity contribution is 5.83. The predicted molar refractivity (Wildman–Crippen MR) is 120 cm³/mol. The summed E-state index contributed by atoms with van der Waals surface area (Å²) in [6.07, 6.45) is 0. The van der Waals surface area contributed by atoms with Crippen LogP contribution < -0.4 is 15.0 Å². The van der Waals surface area contributed by atoms with Crippen LogP contribution in [0.2, 0.25) is 0 Å². The lowest BCUT2D eigenvalue weighted by Gasteiger charge is -2.21. The number of aliphatic hydroxyl groups is 1. The van der Waals surface area contributed by atoms with E-state index in [-0.39, 0.29) is 12.2 Å². The van der Waals surface area contributed by atoms with Gasteiger partial charge in [-0.05, 0) is 28.1 Å². The topological polar surface area (TPSA) is 118 Å². The number of aliphatic hydroxyl groups excluding tert-OH is 1. The molecule has 0 spiro atoms. The molecule has 0 saturated heterocycles. The number of nitrogens with one attached hydrogen (secondary N) is 1. The van der Waals surface area contributed by atoms with Gasteiger partial charge in [0.25, 0.3) is 5.56 Å². The monoisotopic (exact) mass is 448 g/mol. The second-order valence-electron chi connectivity index (χ2n) is 7.88. The van der Waals surface area contributed by atoms with Crippen LogP contribution in [-0.2, 0) is 19.6 Å². The van der Waals surface area contributed by atoms with E-state index in [1.807, 2.05) is 47.4 Å². The van der Waals surface area contributed by atoms with Crippen LogP contribution in [0.15, 0.2) is 53.3 Å². The third-order valence-corrected chi connectivity index (χ3v) is 5.54. The van der Waals surface area contributed by atoms with Crippen molar-refractivity contribution in [3.63, 3.8) is 0 Å².